The molecule has 0 fully saturated rings. The van der Waals surface area contributed by atoms with Crippen LogP contribution in [0.3, 0.4) is 0 Å². The molecule has 0 atom stereocenters. The Bertz CT molecular complexity index is 686. The van der Waals surface area contributed by atoms with Crippen molar-refractivity contribution >= 4 is 27.5 Å². The molecule has 0 spiro atoms. The Hall–Kier alpha value is -2.01. The van der Waals surface area contributed by atoms with Gasteiger partial charge in [0.15, 0.2) is 6.61 Å². The van der Waals surface area contributed by atoms with E-state index in [0.29, 0.717) is 17.4 Å². The Labute approximate surface area is 144 Å². The number of methoxy groups -OCH3 is 1. The number of amides is 1. The van der Waals surface area contributed by atoms with Gasteiger partial charge >= 0.3 is 0 Å². The lowest BCUT2D eigenvalue weighted by molar-refractivity contribution is -0.118. The van der Waals surface area contributed by atoms with Crippen LogP contribution in [0.5, 0.6) is 11.5 Å². The third-order valence-electron chi connectivity index (χ3n) is 3.31. The number of carbonyl (C=O) groups excluding carboxylic acids is 1. The fraction of sp³-hybridized carbons (Fsp3) is 0.278. The highest BCUT2D eigenvalue weighted by molar-refractivity contribution is 9.10. The van der Waals surface area contributed by atoms with Gasteiger partial charge in [-0.25, -0.2) is 0 Å². The van der Waals surface area contributed by atoms with Gasteiger partial charge in [0.25, 0.3) is 5.91 Å². The molecule has 0 aliphatic heterocycles. The zero-order valence-electron chi connectivity index (χ0n) is 13.4. The summed E-state index contributed by atoms with van der Waals surface area (Å²) in [6.07, 6.45) is 0. The van der Waals surface area contributed by atoms with Crippen LogP contribution in [0.4, 0.5) is 5.69 Å². The predicted octanol–water partition coefficient (Wildman–Crippen LogP) is 4.60. The molecular weight excluding hydrogens is 358 g/mol. The van der Waals surface area contributed by atoms with Crippen molar-refractivity contribution in [2.75, 3.05) is 19.0 Å². The van der Waals surface area contributed by atoms with Crippen LogP contribution in [0, 0.1) is 0 Å². The molecule has 2 aromatic carbocycles. The van der Waals surface area contributed by atoms with Gasteiger partial charge in [0.05, 0.1) is 7.11 Å². The summed E-state index contributed by atoms with van der Waals surface area (Å²) < 4.78 is 11.8. The van der Waals surface area contributed by atoms with Crippen molar-refractivity contribution in [2.24, 2.45) is 0 Å². The first-order valence-electron chi connectivity index (χ1n) is 7.35. The van der Waals surface area contributed by atoms with Crippen molar-refractivity contribution in [3.05, 3.63) is 52.5 Å². The van der Waals surface area contributed by atoms with Crippen LogP contribution < -0.4 is 14.8 Å². The number of rotatable bonds is 6. The van der Waals surface area contributed by atoms with Crippen LogP contribution in [0.25, 0.3) is 0 Å². The van der Waals surface area contributed by atoms with Crippen LogP contribution in [-0.4, -0.2) is 19.6 Å². The summed E-state index contributed by atoms with van der Waals surface area (Å²) in [4.78, 5) is 12.0. The smallest absolute Gasteiger partial charge is 0.262 e. The second-order valence-corrected chi connectivity index (χ2v) is 6.32. The summed E-state index contributed by atoms with van der Waals surface area (Å²) in [5, 5.41) is 2.79. The fourth-order valence-corrected chi connectivity index (χ4v) is 2.52. The highest BCUT2D eigenvalue weighted by Gasteiger charge is 2.11. The zero-order valence-corrected chi connectivity index (χ0v) is 15.0. The highest BCUT2D eigenvalue weighted by atomic mass is 79.9. The van der Waals surface area contributed by atoms with Crippen LogP contribution in [0.2, 0.25) is 0 Å². The normalized spacial score (nSPS) is 10.5. The van der Waals surface area contributed by atoms with Crippen LogP contribution in [0.1, 0.15) is 25.3 Å². The number of nitrogens with one attached hydrogen (secondary N) is 1. The molecular formula is C18H20BrNO3. The first-order valence-corrected chi connectivity index (χ1v) is 8.15. The quantitative estimate of drug-likeness (QED) is 0.799. The molecule has 0 saturated heterocycles. The topological polar surface area (TPSA) is 47.6 Å². The van der Waals surface area contributed by atoms with E-state index in [-0.39, 0.29) is 12.5 Å². The van der Waals surface area contributed by atoms with Gasteiger partial charge in [-0.2, -0.15) is 0 Å². The van der Waals surface area contributed by atoms with Gasteiger partial charge in [0.1, 0.15) is 11.5 Å². The third-order valence-corrected chi connectivity index (χ3v) is 3.80. The molecule has 1 N–H and O–H groups in total. The lowest BCUT2D eigenvalue weighted by atomic mass is 10.0. The predicted molar refractivity (Wildman–Crippen MR) is 95.3 cm³/mol. The van der Waals surface area contributed by atoms with E-state index in [2.05, 4.69) is 35.1 Å². The van der Waals surface area contributed by atoms with Gasteiger partial charge in [-0.05, 0) is 41.8 Å². The van der Waals surface area contributed by atoms with Crippen molar-refractivity contribution in [1.82, 2.24) is 0 Å². The number of anilines is 1. The zero-order chi connectivity index (χ0) is 16.8. The summed E-state index contributed by atoms with van der Waals surface area (Å²) >= 11 is 3.46. The molecule has 4 nitrogen and oxygen atoms in total. The fourth-order valence-electron chi connectivity index (χ4n) is 2.14. The van der Waals surface area contributed by atoms with Crippen LogP contribution in [0.15, 0.2) is 46.9 Å². The van der Waals surface area contributed by atoms with E-state index in [1.807, 2.05) is 30.3 Å². The molecule has 1 amide bonds. The Morgan fingerprint density at radius 1 is 1.22 bits per heavy atom. The summed E-state index contributed by atoms with van der Waals surface area (Å²) in [7, 11) is 1.59. The minimum absolute atomic E-state index is 0.0431. The van der Waals surface area contributed by atoms with Crippen molar-refractivity contribution < 1.29 is 14.3 Å². The number of carbonyl (C=O) groups is 1. The lowest BCUT2D eigenvalue weighted by Crippen LogP contribution is -2.20. The van der Waals surface area contributed by atoms with Crippen molar-refractivity contribution in [2.45, 2.75) is 19.8 Å². The molecule has 23 heavy (non-hydrogen) atoms. The van der Waals surface area contributed by atoms with E-state index in [0.717, 1.165) is 15.8 Å². The summed E-state index contributed by atoms with van der Waals surface area (Å²) in [6.45, 7) is 4.13. The molecule has 0 aromatic heterocycles. The van der Waals surface area contributed by atoms with Crippen molar-refractivity contribution in [3.63, 3.8) is 0 Å². The van der Waals surface area contributed by atoms with E-state index < -0.39 is 0 Å². The average Bonchev–Trinajstić information content (AvgIpc) is 2.53. The minimum Gasteiger partial charge on any atom is -0.497 e. The summed E-state index contributed by atoms with van der Waals surface area (Å²) in [5.74, 6) is 1.52. The molecule has 0 bridgehead atoms. The second kappa shape index (κ2) is 8.02. The minimum atomic E-state index is -0.212. The standard InChI is InChI=1S/C18H20BrNO3/c1-12(2)16-9-13(19)7-8-17(16)23-11-18(21)20-14-5-4-6-15(10-14)22-3/h4-10,12H,11H2,1-3H3,(H,20,21). The van der Waals surface area contributed by atoms with Crippen LogP contribution >= 0.6 is 15.9 Å². The van der Waals surface area contributed by atoms with E-state index in [1.165, 1.54) is 0 Å². The maximum atomic E-state index is 12.0. The maximum absolute atomic E-state index is 12.0. The van der Waals surface area contributed by atoms with Gasteiger partial charge in [-0.15, -0.1) is 0 Å². The number of benzene rings is 2. The number of hydrogen-bond donors (Lipinski definition) is 1. The molecule has 0 radical (unpaired) electrons. The van der Waals surface area contributed by atoms with E-state index >= 15 is 0 Å². The molecule has 122 valence electrons. The van der Waals surface area contributed by atoms with Crippen LogP contribution in [-0.2, 0) is 4.79 Å². The Morgan fingerprint density at radius 3 is 2.70 bits per heavy atom. The average molecular weight is 378 g/mol. The Morgan fingerprint density at radius 2 is 2.00 bits per heavy atom. The first kappa shape index (κ1) is 17.3. The van der Waals surface area contributed by atoms with Crippen molar-refractivity contribution in [3.8, 4) is 11.5 Å². The number of hydrogen-bond acceptors (Lipinski definition) is 3. The highest BCUT2D eigenvalue weighted by Crippen LogP contribution is 2.29. The molecule has 0 aliphatic rings. The molecule has 0 saturated carbocycles. The summed E-state index contributed by atoms with van der Waals surface area (Å²) in [5.41, 5.74) is 1.74. The Balaban J connectivity index is 1.99. The molecule has 2 aromatic rings. The first-order chi connectivity index (χ1) is 11.0. The van der Waals surface area contributed by atoms with E-state index in [1.54, 1.807) is 19.2 Å². The van der Waals surface area contributed by atoms with Crippen molar-refractivity contribution in [1.29, 1.82) is 0 Å². The van der Waals surface area contributed by atoms with Gasteiger partial charge in [-0.3, -0.25) is 4.79 Å². The largest absolute Gasteiger partial charge is 0.497 e. The van der Waals surface area contributed by atoms with Gasteiger partial charge in [-0.1, -0.05) is 35.8 Å². The molecule has 0 unspecified atom stereocenters. The third kappa shape index (κ3) is 4.99. The molecule has 5 heteroatoms. The summed E-state index contributed by atoms with van der Waals surface area (Å²) in [6, 6.07) is 13.0. The second-order valence-electron chi connectivity index (χ2n) is 5.41. The van der Waals surface area contributed by atoms with Gasteiger partial charge < -0.3 is 14.8 Å². The molecule has 2 rings (SSSR count). The van der Waals surface area contributed by atoms with E-state index in [9.17, 15) is 4.79 Å². The number of halogens is 1. The molecule has 0 heterocycles. The van der Waals surface area contributed by atoms with Gasteiger partial charge in [0.2, 0.25) is 0 Å². The maximum Gasteiger partial charge on any atom is 0.262 e. The van der Waals surface area contributed by atoms with Gasteiger partial charge in [0, 0.05) is 16.2 Å². The lowest BCUT2D eigenvalue weighted by Gasteiger charge is -2.14. The monoisotopic (exact) mass is 377 g/mol. The molecule has 0 aliphatic carbocycles. The Kier molecular flexibility index (Phi) is 6.04. The number of ether oxygens (including phenoxy) is 2. The SMILES string of the molecule is COc1cccc(NC(=O)COc2ccc(Br)cc2C(C)C)c1. The van der Waals surface area contributed by atoms with E-state index in [4.69, 9.17) is 9.47 Å².